The van der Waals surface area contributed by atoms with E-state index in [1.54, 1.807) is 39.2 Å². The zero-order valence-electron chi connectivity index (χ0n) is 18.7. The summed E-state index contributed by atoms with van der Waals surface area (Å²) < 4.78 is 0. The molecule has 0 fully saturated rings. The maximum absolute atomic E-state index is 13.8. The summed E-state index contributed by atoms with van der Waals surface area (Å²) in [5.74, 6) is -8.25. The SMILES string of the molecule is CN(C)c1ccc(O)c2c1C(=O)C1C(=O)C3C(N(C)C)C(O)=CC(C(N)=O)C3(O)C(O)=C1C2. The monoisotopic (exact) mass is 457 g/mol. The number of aromatic hydroxyl groups is 1. The average molecular weight is 457 g/mol. The molecule has 0 heterocycles. The standard InChI is InChI=1S/C23H27N3O7/c1-25(2)12-5-6-13(27)9-7-10-16(19(29)15(9)12)20(30)17-18(26(3)4)14(28)8-11(22(24)32)23(17,33)21(10)31/h5-6,8,11,16-18,27-28,31,33H,7H2,1-4H3,(H2,24,32). The molecule has 4 rings (SSSR count). The van der Waals surface area contributed by atoms with Crippen LogP contribution in [0.15, 0.2) is 35.3 Å². The molecule has 0 aliphatic heterocycles. The molecule has 1 aromatic carbocycles. The third kappa shape index (κ3) is 2.90. The van der Waals surface area contributed by atoms with Gasteiger partial charge >= 0.3 is 0 Å². The fraction of sp³-hybridized carbons (Fsp3) is 0.435. The average Bonchev–Trinajstić information content (AvgIpc) is 2.72. The third-order valence-corrected chi connectivity index (χ3v) is 7.01. The van der Waals surface area contributed by atoms with Gasteiger partial charge in [0.2, 0.25) is 5.91 Å². The maximum atomic E-state index is 13.8. The van der Waals surface area contributed by atoms with Gasteiger partial charge in [-0.05, 0) is 37.9 Å². The zero-order valence-corrected chi connectivity index (χ0v) is 18.7. The molecule has 10 heteroatoms. The molecule has 33 heavy (non-hydrogen) atoms. The molecule has 5 atom stereocenters. The third-order valence-electron chi connectivity index (χ3n) is 7.01. The second-order valence-corrected chi connectivity index (χ2v) is 9.29. The number of hydrogen-bond donors (Lipinski definition) is 5. The summed E-state index contributed by atoms with van der Waals surface area (Å²) in [5.41, 5.74) is 3.80. The number of allylic oxidation sites excluding steroid dienone is 1. The number of amides is 1. The van der Waals surface area contributed by atoms with Crippen LogP contribution >= 0.6 is 0 Å². The van der Waals surface area contributed by atoms with E-state index in [2.05, 4.69) is 0 Å². The number of likely N-dealkylation sites (N-methyl/N-ethyl adjacent to an activating group) is 1. The highest BCUT2D eigenvalue weighted by Crippen LogP contribution is 2.52. The fourth-order valence-corrected chi connectivity index (χ4v) is 5.53. The number of Topliss-reactive ketones (excluding diaryl/α,β-unsaturated/α-hetero) is 2. The smallest absolute Gasteiger partial charge is 0.227 e. The Hall–Kier alpha value is -3.37. The molecule has 10 nitrogen and oxygen atoms in total. The number of aliphatic hydroxyl groups excluding tert-OH is 2. The number of phenolic OH excluding ortho intramolecular Hbond substituents is 1. The van der Waals surface area contributed by atoms with Gasteiger partial charge in [0.1, 0.15) is 28.8 Å². The van der Waals surface area contributed by atoms with Gasteiger partial charge in [-0.1, -0.05) is 0 Å². The van der Waals surface area contributed by atoms with Crippen LogP contribution in [0.25, 0.3) is 0 Å². The molecular weight excluding hydrogens is 430 g/mol. The lowest BCUT2D eigenvalue weighted by Gasteiger charge is -2.51. The summed E-state index contributed by atoms with van der Waals surface area (Å²) in [7, 11) is 6.55. The normalized spacial score (nSPS) is 31.0. The van der Waals surface area contributed by atoms with Crippen molar-refractivity contribution in [3.63, 3.8) is 0 Å². The van der Waals surface area contributed by atoms with Crippen molar-refractivity contribution in [3.8, 4) is 5.75 Å². The second-order valence-electron chi connectivity index (χ2n) is 9.29. The van der Waals surface area contributed by atoms with Crippen molar-refractivity contribution in [2.24, 2.45) is 23.5 Å². The molecule has 0 spiro atoms. The molecular formula is C23H27N3O7. The largest absolute Gasteiger partial charge is 0.511 e. The van der Waals surface area contributed by atoms with Gasteiger partial charge < -0.3 is 31.1 Å². The van der Waals surface area contributed by atoms with Crippen molar-refractivity contribution in [2.75, 3.05) is 33.1 Å². The van der Waals surface area contributed by atoms with E-state index in [0.717, 1.165) is 6.08 Å². The van der Waals surface area contributed by atoms with Crippen LogP contribution in [0.2, 0.25) is 0 Å². The fourth-order valence-electron chi connectivity index (χ4n) is 5.53. The number of carbonyl (C=O) groups is 3. The Morgan fingerprint density at radius 3 is 2.30 bits per heavy atom. The van der Waals surface area contributed by atoms with Crippen molar-refractivity contribution in [1.29, 1.82) is 0 Å². The minimum Gasteiger partial charge on any atom is -0.511 e. The van der Waals surface area contributed by atoms with Crippen LogP contribution in [0, 0.1) is 17.8 Å². The van der Waals surface area contributed by atoms with Crippen LogP contribution in [-0.4, -0.2) is 82.6 Å². The van der Waals surface area contributed by atoms with Gasteiger partial charge in [-0.3, -0.25) is 19.3 Å². The van der Waals surface area contributed by atoms with Gasteiger partial charge in [0.05, 0.1) is 17.9 Å². The van der Waals surface area contributed by atoms with Crippen molar-refractivity contribution < 1.29 is 34.8 Å². The van der Waals surface area contributed by atoms with Gasteiger partial charge in [-0.15, -0.1) is 0 Å². The topological polar surface area (TPSA) is 165 Å². The number of nitrogens with two attached hydrogens (primary N) is 1. The Balaban J connectivity index is 2.02. The number of benzene rings is 1. The molecule has 3 aliphatic rings. The lowest BCUT2D eigenvalue weighted by Crippen LogP contribution is -2.66. The number of hydrogen-bond acceptors (Lipinski definition) is 9. The molecule has 1 amide bonds. The molecule has 0 aromatic heterocycles. The number of ketones is 2. The van der Waals surface area contributed by atoms with E-state index in [0.29, 0.717) is 5.69 Å². The Morgan fingerprint density at radius 2 is 1.76 bits per heavy atom. The van der Waals surface area contributed by atoms with Crippen LogP contribution < -0.4 is 10.6 Å². The van der Waals surface area contributed by atoms with E-state index >= 15 is 0 Å². The van der Waals surface area contributed by atoms with E-state index < -0.39 is 52.6 Å². The number of nitrogens with zero attached hydrogens (tertiary/aromatic N) is 2. The molecule has 176 valence electrons. The number of phenols is 1. The number of primary amides is 1. The molecule has 0 saturated heterocycles. The number of aliphatic hydroxyl groups is 3. The summed E-state index contributed by atoms with van der Waals surface area (Å²) in [6.07, 6.45) is 0.855. The predicted molar refractivity (Wildman–Crippen MR) is 118 cm³/mol. The molecule has 6 N–H and O–H groups in total. The highest BCUT2D eigenvalue weighted by molar-refractivity contribution is 6.19. The summed E-state index contributed by atoms with van der Waals surface area (Å²) >= 11 is 0. The summed E-state index contributed by atoms with van der Waals surface area (Å²) in [6.45, 7) is 0. The summed E-state index contributed by atoms with van der Waals surface area (Å²) in [6, 6.07) is 1.87. The highest BCUT2D eigenvalue weighted by atomic mass is 16.3. The second kappa shape index (κ2) is 7.32. The first-order valence-electron chi connectivity index (χ1n) is 10.4. The first kappa shape index (κ1) is 22.8. The van der Waals surface area contributed by atoms with Crippen molar-refractivity contribution in [2.45, 2.75) is 18.1 Å². The number of carbonyl (C=O) groups excluding carboxylic acids is 3. The molecule has 0 saturated carbocycles. The van der Waals surface area contributed by atoms with Gasteiger partial charge in [-0.2, -0.15) is 0 Å². The molecule has 5 unspecified atom stereocenters. The van der Waals surface area contributed by atoms with Crippen molar-refractivity contribution >= 4 is 23.2 Å². The van der Waals surface area contributed by atoms with Crippen LogP contribution in [0.4, 0.5) is 5.69 Å². The van der Waals surface area contributed by atoms with Gasteiger partial charge in [0, 0.05) is 37.3 Å². The summed E-state index contributed by atoms with van der Waals surface area (Å²) in [4.78, 5) is 42.9. The lowest BCUT2D eigenvalue weighted by molar-refractivity contribution is -0.154. The van der Waals surface area contributed by atoms with E-state index in [9.17, 15) is 34.8 Å². The van der Waals surface area contributed by atoms with Crippen LogP contribution in [0.5, 0.6) is 5.75 Å². The van der Waals surface area contributed by atoms with Gasteiger partial charge in [-0.25, -0.2) is 0 Å². The van der Waals surface area contributed by atoms with Crippen LogP contribution in [-0.2, 0) is 16.0 Å². The van der Waals surface area contributed by atoms with E-state index in [1.807, 2.05) is 0 Å². The Kier molecular flexibility index (Phi) is 5.06. The lowest BCUT2D eigenvalue weighted by atomic mass is 9.56. The molecule has 0 radical (unpaired) electrons. The predicted octanol–water partition coefficient (Wildman–Crippen LogP) is 0.0425. The van der Waals surface area contributed by atoms with Gasteiger partial charge in [0.15, 0.2) is 11.6 Å². The van der Waals surface area contributed by atoms with E-state index in [-0.39, 0.29) is 34.6 Å². The van der Waals surface area contributed by atoms with E-state index in [4.69, 9.17) is 5.73 Å². The molecule has 0 bridgehead atoms. The van der Waals surface area contributed by atoms with Crippen molar-refractivity contribution in [3.05, 3.63) is 46.4 Å². The number of anilines is 1. The first-order chi connectivity index (χ1) is 15.3. The molecule has 1 aromatic rings. The minimum absolute atomic E-state index is 0.0824. The number of fused-ring (bicyclic) bond motifs is 3. The van der Waals surface area contributed by atoms with Gasteiger partial charge in [0.25, 0.3) is 0 Å². The summed E-state index contributed by atoms with van der Waals surface area (Å²) in [5, 5.41) is 44.1. The van der Waals surface area contributed by atoms with Crippen LogP contribution in [0.3, 0.4) is 0 Å². The first-order valence-corrected chi connectivity index (χ1v) is 10.4. The maximum Gasteiger partial charge on any atom is 0.227 e. The quantitative estimate of drug-likeness (QED) is 0.394. The number of rotatable bonds is 3. The Morgan fingerprint density at radius 1 is 1.12 bits per heavy atom. The van der Waals surface area contributed by atoms with Crippen LogP contribution in [0.1, 0.15) is 15.9 Å². The highest BCUT2D eigenvalue weighted by Gasteiger charge is 2.65. The Bertz CT molecular complexity index is 1150. The Labute approximate surface area is 190 Å². The zero-order chi connectivity index (χ0) is 24.6. The van der Waals surface area contributed by atoms with Crippen molar-refractivity contribution in [1.82, 2.24) is 4.90 Å². The van der Waals surface area contributed by atoms with E-state index in [1.165, 1.54) is 11.0 Å². The minimum atomic E-state index is -2.46. The molecule has 3 aliphatic carbocycles.